The van der Waals surface area contributed by atoms with Crippen molar-refractivity contribution >= 4 is 40.8 Å². The standard InChI is InChI=1S/C25H21Cl2N5O/c26-18-11-12-20(22(27)15-18)21(23-28-13-14-29-23)16-30-25(31-19-9-5-2-6-10-19)32-24(33)17-7-3-1-4-8-17/h1-15,21H,16H2,(H,28,29)(H2,30,31,32,33). The summed E-state index contributed by atoms with van der Waals surface area (Å²) in [5.41, 5.74) is 2.15. The Balaban J connectivity index is 1.64. The van der Waals surface area contributed by atoms with Crippen LogP contribution in [0.15, 0.2) is 96.2 Å². The molecule has 0 bridgehead atoms. The number of aliphatic imine (C=N–C) groups is 1. The van der Waals surface area contributed by atoms with Crippen molar-refractivity contribution < 1.29 is 4.79 Å². The molecule has 33 heavy (non-hydrogen) atoms. The number of carbonyl (C=O) groups is 1. The highest BCUT2D eigenvalue weighted by Gasteiger charge is 2.20. The van der Waals surface area contributed by atoms with E-state index in [9.17, 15) is 4.79 Å². The number of rotatable bonds is 6. The predicted octanol–water partition coefficient (Wildman–Crippen LogP) is 5.75. The Morgan fingerprint density at radius 1 is 1.00 bits per heavy atom. The van der Waals surface area contributed by atoms with Crippen molar-refractivity contribution in [1.82, 2.24) is 15.3 Å². The highest BCUT2D eigenvalue weighted by molar-refractivity contribution is 6.35. The Hall–Kier alpha value is -3.61. The van der Waals surface area contributed by atoms with E-state index in [2.05, 4.69) is 20.6 Å². The maximum absolute atomic E-state index is 12.8. The molecule has 1 aromatic heterocycles. The molecule has 0 radical (unpaired) electrons. The number of aromatic nitrogens is 2. The van der Waals surface area contributed by atoms with Crippen molar-refractivity contribution in [2.45, 2.75) is 5.92 Å². The van der Waals surface area contributed by atoms with Crippen LogP contribution < -0.4 is 10.6 Å². The summed E-state index contributed by atoms with van der Waals surface area (Å²) in [5.74, 6) is 0.482. The average molecular weight is 478 g/mol. The maximum Gasteiger partial charge on any atom is 0.257 e. The van der Waals surface area contributed by atoms with Gasteiger partial charge in [-0.25, -0.2) is 4.98 Å². The molecule has 3 aromatic carbocycles. The van der Waals surface area contributed by atoms with Crippen LogP contribution in [0.3, 0.4) is 0 Å². The van der Waals surface area contributed by atoms with E-state index >= 15 is 0 Å². The monoisotopic (exact) mass is 477 g/mol. The number of aromatic amines is 1. The van der Waals surface area contributed by atoms with Gasteiger partial charge in [-0.2, -0.15) is 0 Å². The third-order valence-corrected chi connectivity index (χ3v) is 5.49. The topological polar surface area (TPSA) is 82.2 Å². The van der Waals surface area contributed by atoms with Gasteiger partial charge >= 0.3 is 0 Å². The van der Waals surface area contributed by atoms with Gasteiger partial charge in [0, 0.05) is 33.7 Å². The molecule has 1 unspecified atom stereocenters. The third-order valence-electron chi connectivity index (χ3n) is 4.92. The Bertz CT molecular complexity index is 1230. The molecule has 0 aliphatic heterocycles. The fourth-order valence-corrected chi connectivity index (χ4v) is 3.84. The molecule has 4 rings (SSSR count). The van der Waals surface area contributed by atoms with E-state index in [0.29, 0.717) is 27.4 Å². The van der Waals surface area contributed by atoms with Gasteiger partial charge < -0.3 is 10.3 Å². The summed E-state index contributed by atoms with van der Waals surface area (Å²) >= 11 is 12.6. The molecule has 0 saturated carbocycles. The number of carbonyl (C=O) groups excluding carboxylic acids is 1. The normalized spacial score (nSPS) is 12.2. The van der Waals surface area contributed by atoms with E-state index in [1.165, 1.54) is 0 Å². The van der Waals surface area contributed by atoms with Crippen LogP contribution in [0.1, 0.15) is 27.7 Å². The fraction of sp³-hybridized carbons (Fsp3) is 0.0800. The third kappa shape index (κ3) is 6.00. The van der Waals surface area contributed by atoms with Crippen molar-refractivity contribution in [3.8, 4) is 0 Å². The van der Waals surface area contributed by atoms with Crippen LogP contribution in [0, 0.1) is 0 Å². The predicted molar refractivity (Wildman–Crippen MR) is 133 cm³/mol. The van der Waals surface area contributed by atoms with Gasteiger partial charge in [-0.15, -0.1) is 0 Å². The van der Waals surface area contributed by atoms with Crippen molar-refractivity contribution in [3.05, 3.63) is 118 Å². The van der Waals surface area contributed by atoms with Gasteiger partial charge in [0.2, 0.25) is 5.96 Å². The van der Waals surface area contributed by atoms with E-state index in [-0.39, 0.29) is 18.4 Å². The number of anilines is 1. The number of imidazole rings is 1. The summed E-state index contributed by atoms with van der Waals surface area (Å²) in [6.45, 7) is 0.277. The fourth-order valence-electron chi connectivity index (χ4n) is 3.30. The molecule has 4 aromatic rings. The van der Waals surface area contributed by atoms with E-state index in [0.717, 1.165) is 11.3 Å². The second-order valence-corrected chi connectivity index (χ2v) is 8.04. The zero-order valence-electron chi connectivity index (χ0n) is 17.5. The summed E-state index contributed by atoms with van der Waals surface area (Å²) in [6, 6.07) is 23.8. The van der Waals surface area contributed by atoms with Crippen molar-refractivity contribution in [1.29, 1.82) is 0 Å². The van der Waals surface area contributed by atoms with Crippen molar-refractivity contribution in [2.24, 2.45) is 4.99 Å². The zero-order chi connectivity index (χ0) is 23.0. The summed E-state index contributed by atoms with van der Waals surface area (Å²) in [7, 11) is 0. The maximum atomic E-state index is 12.8. The Morgan fingerprint density at radius 3 is 2.39 bits per heavy atom. The number of amides is 1. The summed E-state index contributed by atoms with van der Waals surface area (Å²) in [5, 5.41) is 7.13. The van der Waals surface area contributed by atoms with Gasteiger partial charge in [0.15, 0.2) is 0 Å². The van der Waals surface area contributed by atoms with Crippen LogP contribution in [-0.4, -0.2) is 28.4 Å². The van der Waals surface area contributed by atoms with Gasteiger partial charge in [0.1, 0.15) is 5.82 Å². The van der Waals surface area contributed by atoms with E-state index < -0.39 is 0 Å². The molecule has 1 heterocycles. The van der Waals surface area contributed by atoms with Crippen LogP contribution in [0.5, 0.6) is 0 Å². The van der Waals surface area contributed by atoms with Crippen LogP contribution in [0.25, 0.3) is 0 Å². The first-order chi connectivity index (χ1) is 16.1. The minimum atomic E-state index is -0.272. The molecule has 8 heteroatoms. The number of hydrogen-bond acceptors (Lipinski definition) is 3. The summed E-state index contributed by atoms with van der Waals surface area (Å²) in [6.07, 6.45) is 3.42. The molecule has 0 fully saturated rings. The largest absolute Gasteiger partial charge is 0.348 e. The number of benzene rings is 3. The van der Waals surface area contributed by atoms with E-state index in [1.54, 1.807) is 36.7 Å². The quantitative estimate of drug-likeness (QED) is 0.244. The molecular formula is C25H21Cl2N5O. The van der Waals surface area contributed by atoms with Crippen LogP contribution in [-0.2, 0) is 0 Å². The van der Waals surface area contributed by atoms with Gasteiger partial charge in [0.25, 0.3) is 5.91 Å². The highest BCUT2D eigenvalue weighted by Crippen LogP contribution is 2.31. The number of hydrogen-bond donors (Lipinski definition) is 3. The number of halogens is 2. The lowest BCUT2D eigenvalue weighted by atomic mass is 9.98. The molecular weight excluding hydrogens is 457 g/mol. The van der Waals surface area contributed by atoms with E-state index in [1.807, 2.05) is 54.6 Å². The first-order valence-electron chi connectivity index (χ1n) is 10.3. The second-order valence-electron chi connectivity index (χ2n) is 7.19. The highest BCUT2D eigenvalue weighted by atomic mass is 35.5. The number of nitrogens with zero attached hydrogens (tertiary/aromatic N) is 2. The summed E-state index contributed by atoms with van der Waals surface area (Å²) in [4.78, 5) is 25.0. The van der Waals surface area contributed by atoms with Gasteiger partial charge in [-0.3, -0.25) is 15.1 Å². The first kappa shape index (κ1) is 22.6. The van der Waals surface area contributed by atoms with Crippen molar-refractivity contribution in [2.75, 3.05) is 11.9 Å². The summed E-state index contributed by atoms with van der Waals surface area (Å²) < 4.78 is 0. The van der Waals surface area contributed by atoms with Gasteiger partial charge in [0.05, 0.1) is 12.5 Å². The number of guanidine groups is 1. The molecule has 6 nitrogen and oxygen atoms in total. The van der Waals surface area contributed by atoms with Crippen molar-refractivity contribution in [3.63, 3.8) is 0 Å². The molecule has 0 aliphatic carbocycles. The molecule has 0 aliphatic rings. The molecule has 0 saturated heterocycles. The van der Waals surface area contributed by atoms with Crippen LogP contribution >= 0.6 is 23.2 Å². The average Bonchev–Trinajstić information content (AvgIpc) is 3.36. The van der Waals surface area contributed by atoms with Crippen LogP contribution in [0.4, 0.5) is 5.69 Å². The smallest absolute Gasteiger partial charge is 0.257 e. The SMILES string of the molecule is O=C(NC(=NCC(c1ncc[nH]1)c1ccc(Cl)cc1Cl)Nc1ccccc1)c1ccccc1. The molecule has 1 amide bonds. The van der Waals surface area contributed by atoms with Gasteiger partial charge in [-0.1, -0.05) is 65.7 Å². The molecule has 1 atom stereocenters. The van der Waals surface area contributed by atoms with Gasteiger partial charge in [-0.05, 0) is 42.0 Å². The Morgan fingerprint density at radius 2 is 1.73 bits per heavy atom. The van der Waals surface area contributed by atoms with Crippen LogP contribution in [0.2, 0.25) is 10.0 Å². The molecule has 0 spiro atoms. The Labute approximate surface area is 201 Å². The number of H-pyrrole nitrogens is 1. The first-order valence-corrected chi connectivity index (χ1v) is 11.0. The lowest BCUT2D eigenvalue weighted by Crippen LogP contribution is -2.36. The minimum Gasteiger partial charge on any atom is -0.348 e. The minimum absolute atomic E-state index is 0.267. The Kier molecular flexibility index (Phi) is 7.40. The van der Waals surface area contributed by atoms with E-state index in [4.69, 9.17) is 28.2 Å². The zero-order valence-corrected chi connectivity index (χ0v) is 19.0. The number of para-hydroxylation sites is 1. The lowest BCUT2D eigenvalue weighted by Gasteiger charge is -2.17. The molecule has 3 N–H and O–H groups in total. The molecule has 166 valence electrons. The second kappa shape index (κ2) is 10.8. The lowest BCUT2D eigenvalue weighted by molar-refractivity contribution is 0.0977. The number of nitrogens with one attached hydrogen (secondary N) is 3.